The Hall–Kier alpha value is -3.81. The molecule has 0 unspecified atom stereocenters. The van der Waals surface area contributed by atoms with Crippen LogP contribution in [-0.4, -0.2) is 36.3 Å². The van der Waals surface area contributed by atoms with Crippen LogP contribution in [0.5, 0.6) is 5.75 Å². The number of hydrogen-bond donors (Lipinski definition) is 0. The van der Waals surface area contributed by atoms with E-state index in [-0.39, 0.29) is 24.2 Å². The zero-order valence-corrected chi connectivity index (χ0v) is 17.8. The SMILES string of the molecule is COc1ccccc1C1=NO[C@@H](CN(Cc2ccc(F)cc2F)C(=O)c2ccccc2F)C1. The van der Waals surface area contributed by atoms with Crippen LogP contribution in [0, 0.1) is 17.5 Å². The van der Waals surface area contributed by atoms with Gasteiger partial charge in [-0.15, -0.1) is 0 Å². The highest BCUT2D eigenvalue weighted by Gasteiger charge is 2.29. The minimum Gasteiger partial charge on any atom is -0.496 e. The topological polar surface area (TPSA) is 51.1 Å². The first kappa shape index (κ1) is 22.4. The Morgan fingerprint density at radius 2 is 1.82 bits per heavy atom. The molecular formula is C25H21F3N2O3. The van der Waals surface area contributed by atoms with Gasteiger partial charge in [-0.1, -0.05) is 35.5 Å². The number of methoxy groups -OCH3 is 1. The molecule has 33 heavy (non-hydrogen) atoms. The average Bonchev–Trinajstić information content (AvgIpc) is 3.28. The second-order valence-corrected chi connectivity index (χ2v) is 7.57. The lowest BCUT2D eigenvalue weighted by molar-refractivity contribution is 0.0400. The van der Waals surface area contributed by atoms with E-state index in [0.717, 1.165) is 17.7 Å². The van der Waals surface area contributed by atoms with Crippen molar-refractivity contribution >= 4 is 11.6 Å². The molecule has 1 heterocycles. The molecule has 0 N–H and O–H groups in total. The third-order valence-corrected chi connectivity index (χ3v) is 5.34. The summed E-state index contributed by atoms with van der Waals surface area (Å²) in [7, 11) is 1.55. The van der Waals surface area contributed by atoms with Crippen LogP contribution in [0.3, 0.4) is 0 Å². The molecule has 0 aliphatic carbocycles. The maximum absolute atomic E-state index is 14.3. The fourth-order valence-corrected chi connectivity index (χ4v) is 3.69. The Balaban J connectivity index is 1.56. The van der Waals surface area contributed by atoms with Crippen molar-refractivity contribution in [3.8, 4) is 5.75 Å². The molecule has 0 saturated heterocycles. The first-order chi connectivity index (χ1) is 16.0. The summed E-state index contributed by atoms with van der Waals surface area (Å²) in [5.41, 5.74) is 1.36. The Morgan fingerprint density at radius 3 is 2.58 bits per heavy atom. The monoisotopic (exact) mass is 454 g/mol. The molecule has 0 spiro atoms. The number of rotatable bonds is 7. The summed E-state index contributed by atoms with van der Waals surface area (Å²) in [6.45, 7) is -0.171. The van der Waals surface area contributed by atoms with E-state index in [9.17, 15) is 18.0 Å². The maximum Gasteiger partial charge on any atom is 0.257 e. The summed E-state index contributed by atoms with van der Waals surface area (Å²) in [4.78, 5) is 20.0. The zero-order valence-electron chi connectivity index (χ0n) is 17.8. The molecule has 170 valence electrons. The molecule has 1 atom stereocenters. The number of carbonyl (C=O) groups excluding carboxylic acids is 1. The fourth-order valence-electron chi connectivity index (χ4n) is 3.69. The van der Waals surface area contributed by atoms with E-state index in [1.807, 2.05) is 18.2 Å². The van der Waals surface area contributed by atoms with Crippen molar-refractivity contribution in [2.24, 2.45) is 5.16 Å². The van der Waals surface area contributed by atoms with Crippen LogP contribution in [-0.2, 0) is 11.4 Å². The van der Waals surface area contributed by atoms with E-state index in [0.29, 0.717) is 17.9 Å². The Morgan fingerprint density at radius 1 is 1.06 bits per heavy atom. The largest absolute Gasteiger partial charge is 0.496 e. The van der Waals surface area contributed by atoms with Crippen molar-refractivity contribution in [2.75, 3.05) is 13.7 Å². The third kappa shape index (κ3) is 5.00. The normalized spacial score (nSPS) is 15.0. The van der Waals surface area contributed by atoms with E-state index in [1.54, 1.807) is 19.2 Å². The second kappa shape index (κ2) is 9.77. The van der Waals surface area contributed by atoms with Gasteiger partial charge in [-0.3, -0.25) is 4.79 Å². The smallest absolute Gasteiger partial charge is 0.257 e. The van der Waals surface area contributed by atoms with E-state index >= 15 is 0 Å². The van der Waals surface area contributed by atoms with Crippen LogP contribution in [0.15, 0.2) is 71.9 Å². The van der Waals surface area contributed by atoms with Gasteiger partial charge in [-0.2, -0.15) is 0 Å². The van der Waals surface area contributed by atoms with Gasteiger partial charge < -0.3 is 14.5 Å². The van der Waals surface area contributed by atoms with Crippen LogP contribution in [0.4, 0.5) is 13.2 Å². The zero-order chi connectivity index (χ0) is 23.4. The third-order valence-electron chi connectivity index (χ3n) is 5.34. The minimum absolute atomic E-state index is 0.0200. The Bertz CT molecular complexity index is 1200. The van der Waals surface area contributed by atoms with Gasteiger partial charge in [0, 0.05) is 30.2 Å². The number of para-hydroxylation sites is 1. The van der Waals surface area contributed by atoms with Crippen molar-refractivity contribution in [1.82, 2.24) is 4.90 Å². The highest BCUT2D eigenvalue weighted by molar-refractivity contribution is 6.03. The lowest BCUT2D eigenvalue weighted by Gasteiger charge is -2.25. The maximum atomic E-state index is 14.3. The Kier molecular flexibility index (Phi) is 6.63. The molecule has 0 aromatic heterocycles. The molecule has 1 amide bonds. The van der Waals surface area contributed by atoms with Gasteiger partial charge in [-0.05, 0) is 30.3 Å². The van der Waals surface area contributed by atoms with Crippen molar-refractivity contribution in [1.29, 1.82) is 0 Å². The Labute approximate surface area is 189 Å². The van der Waals surface area contributed by atoms with Crippen LogP contribution in [0.2, 0.25) is 0 Å². The second-order valence-electron chi connectivity index (χ2n) is 7.57. The minimum atomic E-state index is -0.792. The van der Waals surface area contributed by atoms with E-state index in [4.69, 9.17) is 9.57 Å². The quantitative estimate of drug-likeness (QED) is 0.508. The van der Waals surface area contributed by atoms with E-state index < -0.39 is 29.5 Å². The van der Waals surface area contributed by atoms with Crippen LogP contribution in [0.1, 0.15) is 27.9 Å². The number of carbonyl (C=O) groups is 1. The number of halogens is 3. The fraction of sp³-hybridized carbons (Fsp3) is 0.200. The number of nitrogens with zero attached hydrogens (tertiary/aromatic N) is 2. The molecule has 1 aliphatic heterocycles. The molecular weight excluding hydrogens is 433 g/mol. The van der Waals surface area contributed by atoms with Gasteiger partial charge in [-0.25, -0.2) is 13.2 Å². The van der Waals surface area contributed by atoms with E-state index in [2.05, 4.69) is 5.16 Å². The molecule has 0 bridgehead atoms. The van der Waals surface area contributed by atoms with Crippen molar-refractivity contribution in [3.05, 3.63) is 101 Å². The number of amides is 1. The van der Waals surface area contributed by atoms with Gasteiger partial charge in [0.2, 0.25) is 0 Å². The highest BCUT2D eigenvalue weighted by Crippen LogP contribution is 2.26. The number of hydrogen-bond acceptors (Lipinski definition) is 4. The first-order valence-electron chi connectivity index (χ1n) is 10.3. The lowest BCUT2D eigenvalue weighted by atomic mass is 10.0. The number of ether oxygens (including phenoxy) is 1. The first-order valence-corrected chi connectivity index (χ1v) is 10.3. The average molecular weight is 454 g/mol. The van der Waals surface area contributed by atoms with Crippen molar-refractivity contribution in [3.63, 3.8) is 0 Å². The van der Waals surface area contributed by atoms with Crippen LogP contribution < -0.4 is 4.74 Å². The standard InChI is InChI=1S/C25H21F3N2O3/c1-32-24-9-5-3-7-20(24)23-13-18(33-29-23)15-30(14-16-10-11-17(26)12-22(16)28)25(31)19-6-2-4-8-21(19)27/h2-12,18H,13-15H2,1H3/t18-/m1/s1. The molecule has 0 saturated carbocycles. The molecule has 1 aliphatic rings. The summed E-state index contributed by atoms with van der Waals surface area (Å²) in [6.07, 6.45) is -0.169. The number of oxime groups is 1. The van der Waals surface area contributed by atoms with Gasteiger partial charge in [0.15, 0.2) is 6.10 Å². The highest BCUT2D eigenvalue weighted by atomic mass is 19.1. The number of benzene rings is 3. The summed E-state index contributed by atoms with van der Waals surface area (Å²) < 4.78 is 47.3. The predicted molar refractivity (Wildman–Crippen MR) is 117 cm³/mol. The van der Waals surface area contributed by atoms with Gasteiger partial charge in [0.25, 0.3) is 5.91 Å². The predicted octanol–water partition coefficient (Wildman–Crippen LogP) is 4.95. The van der Waals surface area contributed by atoms with Gasteiger partial charge in [0.05, 0.1) is 24.9 Å². The van der Waals surface area contributed by atoms with Crippen molar-refractivity contribution in [2.45, 2.75) is 19.1 Å². The summed E-state index contributed by atoms with van der Waals surface area (Å²) in [6, 6.07) is 16.0. The summed E-state index contributed by atoms with van der Waals surface area (Å²) >= 11 is 0. The molecule has 0 radical (unpaired) electrons. The van der Waals surface area contributed by atoms with Crippen LogP contribution >= 0.6 is 0 Å². The summed E-state index contributed by atoms with van der Waals surface area (Å²) in [5, 5.41) is 4.14. The van der Waals surface area contributed by atoms with Crippen LogP contribution in [0.25, 0.3) is 0 Å². The van der Waals surface area contributed by atoms with E-state index in [1.165, 1.54) is 29.2 Å². The lowest BCUT2D eigenvalue weighted by Crippen LogP contribution is -2.38. The molecule has 0 fully saturated rings. The molecule has 3 aromatic carbocycles. The molecule has 8 heteroatoms. The molecule has 4 rings (SSSR count). The molecule has 3 aromatic rings. The van der Waals surface area contributed by atoms with Gasteiger partial charge in [0.1, 0.15) is 23.2 Å². The summed E-state index contributed by atoms with van der Waals surface area (Å²) in [5.74, 6) is -2.21. The van der Waals surface area contributed by atoms with Crippen molar-refractivity contribution < 1.29 is 27.5 Å². The van der Waals surface area contributed by atoms with Gasteiger partial charge >= 0.3 is 0 Å². The molecule has 5 nitrogen and oxygen atoms in total.